The van der Waals surface area contributed by atoms with Crippen molar-refractivity contribution in [3.8, 4) is 0 Å². The molecule has 0 amide bonds. The molecule has 2 N–H and O–H groups in total. The number of nitrogens with one attached hydrogen (secondary N) is 1. The maximum Gasteiger partial charge on any atom is 0.339 e. The summed E-state index contributed by atoms with van der Waals surface area (Å²) in [4.78, 5) is 17.5. The number of H-pyrrole nitrogens is 1. The fourth-order valence-corrected chi connectivity index (χ4v) is 4.76. The molecule has 3 rings (SSSR count). The SMILES string of the molecule is Cc1n[nH]c(C)c1S(=O)(=O)N1CCN(c2ncccc2C(=O)O)CC1. The van der Waals surface area contributed by atoms with Gasteiger partial charge in [-0.15, -0.1) is 0 Å². The Balaban J connectivity index is 1.80. The standard InChI is InChI=1S/C15H19N5O4S/c1-10-13(11(2)18-17-10)25(23,24)20-8-6-19(7-9-20)14-12(15(21)22)4-3-5-16-14/h3-5H,6-9H2,1-2H3,(H,17,18)(H,21,22). The van der Waals surface area contributed by atoms with Crippen LogP contribution in [0.4, 0.5) is 5.82 Å². The normalized spacial score (nSPS) is 16.2. The highest BCUT2D eigenvalue weighted by Gasteiger charge is 2.33. The van der Waals surface area contributed by atoms with Crippen LogP contribution in [0.1, 0.15) is 21.7 Å². The summed E-state index contributed by atoms with van der Waals surface area (Å²) in [5.74, 6) is -0.689. The van der Waals surface area contributed by atoms with Crippen LogP contribution in [0.3, 0.4) is 0 Å². The highest BCUT2D eigenvalue weighted by atomic mass is 32.2. The molecule has 0 aliphatic carbocycles. The van der Waals surface area contributed by atoms with Crippen molar-refractivity contribution in [2.24, 2.45) is 0 Å². The molecule has 3 heterocycles. The molecular weight excluding hydrogens is 346 g/mol. The molecule has 10 heteroatoms. The summed E-state index contributed by atoms with van der Waals surface area (Å²) in [6, 6.07) is 3.06. The van der Waals surface area contributed by atoms with Crippen molar-refractivity contribution in [1.82, 2.24) is 19.5 Å². The largest absolute Gasteiger partial charge is 0.478 e. The van der Waals surface area contributed by atoms with E-state index in [4.69, 9.17) is 0 Å². The lowest BCUT2D eigenvalue weighted by molar-refractivity contribution is 0.0697. The number of carbonyl (C=O) groups is 1. The Morgan fingerprint density at radius 3 is 2.48 bits per heavy atom. The van der Waals surface area contributed by atoms with Crippen molar-refractivity contribution in [3.63, 3.8) is 0 Å². The average Bonchev–Trinajstić information content (AvgIpc) is 2.94. The van der Waals surface area contributed by atoms with Crippen LogP contribution in [-0.2, 0) is 10.0 Å². The van der Waals surface area contributed by atoms with Crippen molar-refractivity contribution in [2.75, 3.05) is 31.1 Å². The average molecular weight is 365 g/mol. The van der Waals surface area contributed by atoms with Gasteiger partial charge in [0.25, 0.3) is 0 Å². The van der Waals surface area contributed by atoms with E-state index in [1.807, 2.05) is 0 Å². The van der Waals surface area contributed by atoms with Crippen molar-refractivity contribution in [1.29, 1.82) is 0 Å². The number of hydrogen-bond donors (Lipinski definition) is 2. The number of pyridine rings is 1. The van der Waals surface area contributed by atoms with E-state index in [1.54, 1.807) is 24.8 Å². The zero-order chi connectivity index (χ0) is 18.2. The first-order valence-electron chi connectivity index (χ1n) is 7.77. The lowest BCUT2D eigenvalue weighted by Gasteiger charge is -2.35. The number of carboxylic acid groups (broad SMARTS) is 1. The summed E-state index contributed by atoms with van der Waals surface area (Å²) in [5.41, 5.74) is 1.07. The van der Waals surface area contributed by atoms with Gasteiger partial charge in [0.2, 0.25) is 10.0 Å². The third-order valence-corrected chi connectivity index (χ3v) is 6.38. The van der Waals surface area contributed by atoms with Crippen molar-refractivity contribution < 1.29 is 18.3 Å². The van der Waals surface area contributed by atoms with Gasteiger partial charge < -0.3 is 10.0 Å². The lowest BCUT2D eigenvalue weighted by atomic mass is 10.2. The first kappa shape index (κ1) is 17.4. The van der Waals surface area contributed by atoms with E-state index in [-0.39, 0.29) is 23.5 Å². The Kier molecular flexibility index (Phi) is 4.48. The van der Waals surface area contributed by atoms with Crippen LogP contribution in [-0.4, -0.2) is 65.2 Å². The Morgan fingerprint density at radius 1 is 1.24 bits per heavy atom. The van der Waals surface area contributed by atoms with E-state index in [0.29, 0.717) is 30.3 Å². The van der Waals surface area contributed by atoms with Gasteiger partial charge in [-0.25, -0.2) is 18.2 Å². The summed E-state index contributed by atoms with van der Waals surface area (Å²) in [6.07, 6.45) is 1.53. The monoisotopic (exact) mass is 365 g/mol. The van der Waals surface area contributed by atoms with Crippen LogP contribution in [0, 0.1) is 13.8 Å². The minimum Gasteiger partial charge on any atom is -0.478 e. The number of aromatic amines is 1. The smallest absolute Gasteiger partial charge is 0.339 e. The highest BCUT2D eigenvalue weighted by Crippen LogP contribution is 2.25. The lowest BCUT2D eigenvalue weighted by Crippen LogP contribution is -2.49. The fourth-order valence-electron chi connectivity index (χ4n) is 3.01. The molecule has 2 aromatic rings. The van der Waals surface area contributed by atoms with Crippen LogP contribution in [0.2, 0.25) is 0 Å². The zero-order valence-electron chi connectivity index (χ0n) is 13.9. The van der Waals surface area contributed by atoms with E-state index in [1.165, 1.54) is 16.6 Å². The van der Waals surface area contributed by atoms with Gasteiger partial charge in [0.1, 0.15) is 16.3 Å². The first-order valence-corrected chi connectivity index (χ1v) is 9.21. The number of aromatic carboxylic acids is 1. The quantitative estimate of drug-likeness (QED) is 0.815. The molecule has 0 unspecified atom stereocenters. The van der Waals surface area contributed by atoms with Crippen LogP contribution in [0.15, 0.2) is 23.2 Å². The molecule has 1 aliphatic rings. The van der Waals surface area contributed by atoms with Gasteiger partial charge >= 0.3 is 5.97 Å². The zero-order valence-corrected chi connectivity index (χ0v) is 14.7. The van der Waals surface area contributed by atoms with Crippen LogP contribution < -0.4 is 4.90 Å². The minimum atomic E-state index is -3.64. The fraction of sp³-hybridized carbons (Fsp3) is 0.400. The molecule has 1 fully saturated rings. The first-order chi connectivity index (χ1) is 11.8. The van der Waals surface area contributed by atoms with Crippen LogP contribution in [0.25, 0.3) is 0 Å². The number of rotatable bonds is 4. The van der Waals surface area contributed by atoms with E-state index in [2.05, 4.69) is 15.2 Å². The molecule has 0 saturated carbocycles. The highest BCUT2D eigenvalue weighted by molar-refractivity contribution is 7.89. The Morgan fingerprint density at radius 2 is 1.92 bits per heavy atom. The molecule has 1 aliphatic heterocycles. The molecule has 9 nitrogen and oxygen atoms in total. The van der Waals surface area contributed by atoms with Crippen LogP contribution >= 0.6 is 0 Å². The second kappa shape index (κ2) is 6.45. The van der Waals surface area contributed by atoms with Gasteiger partial charge in [-0.3, -0.25) is 5.10 Å². The van der Waals surface area contributed by atoms with Gasteiger partial charge in [-0.1, -0.05) is 0 Å². The van der Waals surface area contributed by atoms with E-state index in [0.717, 1.165) is 0 Å². The second-order valence-corrected chi connectivity index (χ2v) is 7.71. The summed E-state index contributed by atoms with van der Waals surface area (Å²) >= 11 is 0. The van der Waals surface area contributed by atoms with Crippen molar-refractivity contribution in [2.45, 2.75) is 18.7 Å². The third kappa shape index (κ3) is 3.10. The Hall–Kier alpha value is -2.46. The maximum absolute atomic E-state index is 12.8. The molecule has 0 aromatic carbocycles. The number of anilines is 1. The van der Waals surface area contributed by atoms with Gasteiger partial charge in [0, 0.05) is 32.4 Å². The Bertz CT molecular complexity index is 881. The number of sulfonamides is 1. The van der Waals surface area contributed by atoms with Crippen molar-refractivity contribution >= 4 is 21.8 Å². The van der Waals surface area contributed by atoms with Crippen molar-refractivity contribution in [3.05, 3.63) is 35.3 Å². The van der Waals surface area contributed by atoms with Gasteiger partial charge in [-0.05, 0) is 26.0 Å². The second-order valence-electron chi connectivity index (χ2n) is 5.83. The number of nitrogens with zero attached hydrogens (tertiary/aromatic N) is 4. The predicted molar refractivity (Wildman–Crippen MR) is 90.2 cm³/mol. The van der Waals surface area contributed by atoms with E-state index >= 15 is 0 Å². The number of piperazine rings is 1. The summed E-state index contributed by atoms with van der Waals surface area (Å²) < 4.78 is 27.1. The van der Waals surface area contributed by atoms with Crippen LogP contribution in [0.5, 0.6) is 0 Å². The number of aryl methyl sites for hydroxylation is 2. The molecule has 2 aromatic heterocycles. The molecule has 25 heavy (non-hydrogen) atoms. The summed E-state index contributed by atoms with van der Waals surface area (Å²) in [7, 11) is -3.64. The molecule has 0 bridgehead atoms. The molecule has 0 atom stereocenters. The predicted octanol–water partition coefficient (Wildman–Crippen LogP) is 0.631. The molecule has 134 valence electrons. The van der Waals surface area contributed by atoms with Gasteiger partial charge in [-0.2, -0.15) is 9.40 Å². The minimum absolute atomic E-state index is 0.111. The number of carboxylic acids is 1. The third-order valence-electron chi connectivity index (χ3n) is 4.21. The topological polar surface area (TPSA) is 119 Å². The van der Waals surface area contributed by atoms with E-state index in [9.17, 15) is 18.3 Å². The number of hydrogen-bond acceptors (Lipinski definition) is 6. The van der Waals surface area contributed by atoms with Gasteiger partial charge in [0.05, 0.1) is 11.4 Å². The van der Waals surface area contributed by atoms with E-state index < -0.39 is 16.0 Å². The number of aromatic nitrogens is 3. The molecule has 1 saturated heterocycles. The summed E-state index contributed by atoms with van der Waals surface area (Å²) in [6.45, 7) is 4.57. The Labute approximate surface area is 145 Å². The maximum atomic E-state index is 12.8. The molecule has 0 spiro atoms. The summed E-state index contributed by atoms with van der Waals surface area (Å²) in [5, 5.41) is 15.9. The molecule has 0 radical (unpaired) electrons. The molecular formula is C15H19N5O4S. The van der Waals surface area contributed by atoms with Gasteiger partial charge in [0.15, 0.2) is 0 Å².